The number of hydrogen-bond acceptors (Lipinski definition) is 5. The van der Waals surface area contributed by atoms with E-state index in [1.807, 2.05) is 32.0 Å². The Bertz CT molecular complexity index is 785. The Morgan fingerprint density at radius 1 is 1.07 bits per heavy atom. The van der Waals surface area contributed by atoms with Gasteiger partial charge >= 0.3 is 0 Å². The van der Waals surface area contributed by atoms with Crippen molar-refractivity contribution in [3.05, 3.63) is 47.4 Å². The molecule has 1 saturated carbocycles. The van der Waals surface area contributed by atoms with Gasteiger partial charge < -0.3 is 15.5 Å². The lowest BCUT2D eigenvalue weighted by Gasteiger charge is -2.30. The normalized spacial score (nSPS) is 19.4. The third-order valence-corrected chi connectivity index (χ3v) is 4.80. The van der Waals surface area contributed by atoms with Crippen molar-refractivity contribution >= 4 is 17.7 Å². The van der Waals surface area contributed by atoms with Crippen LogP contribution in [0.4, 0.5) is 16.2 Å². The molecule has 0 saturated heterocycles. The molecule has 1 aromatic carbocycles. The van der Waals surface area contributed by atoms with Gasteiger partial charge in [-0.2, -0.15) is 4.98 Å². The molecule has 1 aromatic heterocycles. The van der Waals surface area contributed by atoms with Crippen LogP contribution in [-0.2, 0) is 0 Å². The van der Waals surface area contributed by atoms with E-state index in [0.717, 1.165) is 37.2 Å². The summed E-state index contributed by atoms with van der Waals surface area (Å²) in [5.41, 5.74) is 1.41. The van der Waals surface area contributed by atoms with Crippen LogP contribution in [0.15, 0.2) is 30.3 Å². The van der Waals surface area contributed by atoms with Crippen LogP contribution in [0, 0.1) is 12.7 Å². The molecule has 27 heavy (non-hydrogen) atoms. The highest BCUT2D eigenvalue weighted by molar-refractivity contribution is 5.94. The number of carbonyl (C=O) groups excluding carboxylic acids is 1. The number of amides is 1. The Balaban J connectivity index is 1.52. The lowest BCUT2D eigenvalue weighted by Crippen LogP contribution is -2.40. The number of aromatic nitrogens is 2. The van der Waals surface area contributed by atoms with Gasteiger partial charge in [-0.15, -0.1) is 0 Å². The summed E-state index contributed by atoms with van der Waals surface area (Å²) in [4.78, 5) is 23.2. The monoisotopic (exact) mass is 371 g/mol. The first kappa shape index (κ1) is 19.1. The summed E-state index contributed by atoms with van der Waals surface area (Å²) < 4.78 is 13.0. The van der Waals surface area contributed by atoms with Gasteiger partial charge in [-0.1, -0.05) is 0 Å². The van der Waals surface area contributed by atoms with Crippen molar-refractivity contribution in [2.45, 2.75) is 44.7 Å². The van der Waals surface area contributed by atoms with Gasteiger partial charge in [-0.25, -0.2) is 9.37 Å². The topological polar surface area (TPSA) is 70.2 Å². The number of hydrogen-bond donors (Lipinski definition) is 2. The zero-order valence-electron chi connectivity index (χ0n) is 16.0. The first-order valence-electron chi connectivity index (χ1n) is 9.26. The zero-order chi connectivity index (χ0) is 19.4. The number of aryl methyl sites for hydroxylation is 1. The standard InChI is InChI=1S/C20H26FN5O/c1-13-12-18(26(2)3)25-20(22-13)24-17-10-8-16(9-11-17)23-19(27)14-4-6-15(21)7-5-14/h4-7,12,16-17H,8-11H2,1-3H3,(H,23,27)(H,22,24,25). The predicted octanol–water partition coefficient (Wildman–Crippen LogP) is 3.14. The highest BCUT2D eigenvalue weighted by atomic mass is 19.1. The average molecular weight is 371 g/mol. The molecule has 6 nitrogen and oxygen atoms in total. The molecule has 0 atom stereocenters. The van der Waals surface area contributed by atoms with Gasteiger partial charge in [0.2, 0.25) is 5.95 Å². The lowest BCUT2D eigenvalue weighted by molar-refractivity contribution is 0.0926. The summed E-state index contributed by atoms with van der Waals surface area (Å²) in [6, 6.07) is 8.01. The largest absolute Gasteiger partial charge is 0.363 e. The second kappa shape index (κ2) is 8.33. The van der Waals surface area contributed by atoms with Gasteiger partial charge in [0.1, 0.15) is 11.6 Å². The Hall–Kier alpha value is -2.70. The fraction of sp³-hybridized carbons (Fsp3) is 0.450. The first-order chi connectivity index (χ1) is 12.9. The molecule has 1 fully saturated rings. The molecule has 0 spiro atoms. The number of halogens is 1. The summed E-state index contributed by atoms with van der Waals surface area (Å²) in [7, 11) is 3.92. The molecular formula is C20H26FN5O. The summed E-state index contributed by atoms with van der Waals surface area (Å²) >= 11 is 0. The van der Waals surface area contributed by atoms with Crippen LogP contribution in [0.2, 0.25) is 0 Å². The molecule has 3 rings (SSSR count). The van der Waals surface area contributed by atoms with Crippen molar-refractivity contribution in [2.75, 3.05) is 24.3 Å². The Morgan fingerprint density at radius 2 is 1.70 bits per heavy atom. The predicted molar refractivity (Wildman–Crippen MR) is 105 cm³/mol. The molecule has 7 heteroatoms. The van der Waals surface area contributed by atoms with E-state index in [4.69, 9.17) is 0 Å². The molecule has 1 aliphatic carbocycles. The van der Waals surface area contributed by atoms with Crippen molar-refractivity contribution < 1.29 is 9.18 Å². The fourth-order valence-electron chi connectivity index (χ4n) is 3.28. The van der Waals surface area contributed by atoms with E-state index in [-0.39, 0.29) is 17.8 Å². The smallest absolute Gasteiger partial charge is 0.251 e. The Morgan fingerprint density at radius 3 is 2.33 bits per heavy atom. The van der Waals surface area contributed by atoms with Gasteiger partial charge in [-0.3, -0.25) is 4.79 Å². The average Bonchev–Trinajstić information content (AvgIpc) is 2.63. The molecule has 0 unspecified atom stereocenters. The number of nitrogens with zero attached hydrogens (tertiary/aromatic N) is 3. The SMILES string of the molecule is Cc1cc(N(C)C)nc(NC2CCC(NC(=O)c3ccc(F)cc3)CC2)n1. The van der Waals surface area contributed by atoms with Crippen LogP contribution in [0.5, 0.6) is 0 Å². The van der Waals surface area contributed by atoms with Crippen molar-refractivity contribution in [3.8, 4) is 0 Å². The second-order valence-corrected chi connectivity index (χ2v) is 7.26. The van der Waals surface area contributed by atoms with E-state index in [2.05, 4.69) is 20.6 Å². The molecule has 0 radical (unpaired) electrons. The quantitative estimate of drug-likeness (QED) is 0.845. The minimum atomic E-state index is -0.339. The van der Waals surface area contributed by atoms with Crippen LogP contribution in [0.1, 0.15) is 41.7 Å². The molecule has 0 bridgehead atoms. The molecule has 0 aliphatic heterocycles. The maximum Gasteiger partial charge on any atom is 0.251 e. The summed E-state index contributed by atoms with van der Waals surface area (Å²) in [5, 5.41) is 6.47. The highest BCUT2D eigenvalue weighted by Gasteiger charge is 2.23. The Labute approximate surface area is 159 Å². The molecule has 1 aliphatic rings. The number of carbonyl (C=O) groups is 1. The number of rotatable bonds is 5. The van der Waals surface area contributed by atoms with Crippen LogP contribution in [-0.4, -0.2) is 42.1 Å². The molecule has 144 valence electrons. The van der Waals surface area contributed by atoms with E-state index in [0.29, 0.717) is 17.6 Å². The maximum atomic E-state index is 13.0. The van der Waals surface area contributed by atoms with Crippen molar-refractivity contribution in [1.82, 2.24) is 15.3 Å². The fourth-order valence-corrected chi connectivity index (χ4v) is 3.28. The van der Waals surface area contributed by atoms with Gasteiger partial charge in [0.05, 0.1) is 0 Å². The second-order valence-electron chi connectivity index (χ2n) is 7.26. The number of benzene rings is 1. The third-order valence-electron chi connectivity index (χ3n) is 4.80. The van der Waals surface area contributed by atoms with Crippen LogP contribution < -0.4 is 15.5 Å². The maximum absolute atomic E-state index is 13.0. The summed E-state index contributed by atoms with van der Waals surface area (Å²) in [6.07, 6.45) is 3.64. The van der Waals surface area contributed by atoms with E-state index in [9.17, 15) is 9.18 Å². The molecule has 2 N–H and O–H groups in total. The molecule has 2 aromatic rings. The van der Waals surface area contributed by atoms with Crippen molar-refractivity contribution in [3.63, 3.8) is 0 Å². The molecular weight excluding hydrogens is 345 g/mol. The number of anilines is 2. The summed E-state index contributed by atoms with van der Waals surface area (Å²) in [5.74, 6) is 1.04. The number of nitrogens with one attached hydrogen (secondary N) is 2. The third kappa shape index (κ3) is 5.15. The molecule has 1 amide bonds. The summed E-state index contributed by atoms with van der Waals surface area (Å²) in [6.45, 7) is 1.96. The van der Waals surface area contributed by atoms with Gasteiger partial charge in [0.25, 0.3) is 5.91 Å². The first-order valence-corrected chi connectivity index (χ1v) is 9.26. The van der Waals surface area contributed by atoms with Crippen molar-refractivity contribution in [1.29, 1.82) is 0 Å². The lowest BCUT2D eigenvalue weighted by atomic mass is 9.91. The zero-order valence-corrected chi connectivity index (χ0v) is 16.0. The van der Waals surface area contributed by atoms with Crippen LogP contribution in [0.3, 0.4) is 0 Å². The van der Waals surface area contributed by atoms with Crippen LogP contribution >= 0.6 is 0 Å². The minimum absolute atomic E-state index is 0.136. The minimum Gasteiger partial charge on any atom is -0.363 e. The van der Waals surface area contributed by atoms with Crippen molar-refractivity contribution in [2.24, 2.45) is 0 Å². The van der Waals surface area contributed by atoms with E-state index in [1.165, 1.54) is 24.3 Å². The van der Waals surface area contributed by atoms with Gasteiger partial charge in [0.15, 0.2) is 0 Å². The van der Waals surface area contributed by atoms with Crippen LogP contribution in [0.25, 0.3) is 0 Å². The molecule has 1 heterocycles. The van der Waals surface area contributed by atoms with E-state index < -0.39 is 0 Å². The van der Waals surface area contributed by atoms with E-state index >= 15 is 0 Å². The van der Waals surface area contributed by atoms with E-state index in [1.54, 1.807) is 0 Å². The van der Waals surface area contributed by atoms with Gasteiger partial charge in [-0.05, 0) is 56.9 Å². The Kier molecular flexibility index (Phi) is 5.88. The van der Waals surface area contributed by atoms with Gasteiger partial charge in [0, 0.05) is 43.5 Å². The highest BCUT2D eigenvalue weighted by Crippen LogP contribution is 2.22.